The first-order valence-electron chi connectivity index (χ1n) is 16.3. The number of rotatable bonds is 10. The number of aliphatic hydroxyl groups is 2. The van der Waals surface area contributed by atoms with E-state index in [9.17, 15) is 23.0 Å². The van der Waals surface area contributed by atoms with Crippen molar-refractivity contribution in [2.75, 3.05) is 71.3 Å². The number of benzene rings is 1. The van der Waals surface area contributed by atoms with Crippen LogP contribution in [0, 0.1) is 17.7 Å². The summed E-state index contributed by atoms with van der Waals surface area (Å²) in [6.45, 7) is 10.7. The van der Waals surface area contributed by atoms with Crippen LogP contribution in [0.15, 0.2) is 28.0 Å². The maximum atomic E-state index is 13.8. The summed E-state index contributed by atoms with van der Waals surface area (Å²) in [5.74, 6) is 2.76. The Balaban J connectivity index is 0.000000221. The van der Waals surface area contributed by atoms with E-state index < -0.39 is 27.4 Å². The first-order chi connectivity index (χ1) is 23.4. The maximum absolute atomic E-state index is 13.8. The van der Waals surface area contributed by atoms with Crippen LogP contribution in [-0.2, 0) is 34.4 Å². The molecule has 17 heteroatoms. The Morgan fingerprint density at radius 1 is 0.796 bits per heavy atom. The molecule has 3 aromatic rings. The van der Waals surface area contributed by atoms with Gasteiger partial charge in [0, 0.05) is 56.2 Å². The zero-order chi connectivity index (χ0) is 35.4. The van der Waals surface area contributed by atoms with Gasteiger partial charge in [-0.1, -0.05) is 39.3 Å². The van der Waals surface area contributed by atoms with Gasteiger partial charge in [-0.15, -0.1) is 0 Å². The predicted molar refractivity (Wildman–Crippen MR) is 194 cm³/mol. The Kier molecular flexibility index (Phi) is 12.7. The number of fused-ring (bicyclic) bond motifs is 2. The molecule has 0 bridgehead atoms. The van der Waals surface area contributed by atoms with Gasteiger partial charge < -0.3 is 30.6 Å². The standard InChI is InChI=1S/C21H27ClFN5O2S.C11H16ClN3O2S/c1-13(2)18(12-29)24-20-19-17(5-10-31(19)30)25-21(26-20)28-8-6-27(7-9-28)14-3-4-15(22)16(23)11-14;1-6(2)8(5-16)13-10-9-7(3-4-18(9)17)14-11(12)15-10/h3-4,11,13,18,29H,5-10,12H2,1-2H3,(H,24,25,26);6,8,16H,3-5H2,1-2H3,(H,13,14,15). The van der Waals surface area contributed by atoms with E-state index >= 15 is 0 Å². The van der Waals surface area contributed by atoms with Crippen LogP contribution >= 0.6 is 23.2 Å². The third-order valence-electron chi connectivity index (χ3n) is 8.81. The van der Waals surface area contributed by atoms with Gasteiger partial charge in [0.2, 0.25) is 11.2 Å². The SMILES string of the molecule is CC(C)C(CO)Nc1nc(Cl)nc2c1S(=O)CC2.CC(C)C(CO)Nc1nc(N2CCN(c3ccc(Cl)c(F)c3)CC2)nc2c1S(=O)CC2. The number of nitrogens with zero attached hydrogens (tertiary/aromatic N) is 6. The van der Waals surface area contributed by atoms with Gasteiger partial charge in [0.05, 0.1) is 63.3 Å². The first kappa shape index (κ1) is 37.6. The van der Waals surface area contributed by atoms with Gasteiger partial charge in [0.15, 0.2) is 0 Å². The Morgan fingerprint density at radius 2 is 1.31 bits per heavy atom. The van der Waals surface area contributed by atoms with E-state index in [4.69, 9.17) is 33.2 Å². The van der Waals surface area contributed by atoms with Crippen molar-refractivity contribution in [1.82, 2.24) is 19.9 Å². The Morgan fingerprint density at radius 3 is 1.82 bits per heavy atom. The summed E-state index contributed by atoms with van der Waals surface area (Å²) >= 11 is 11.7. The van der Waals surface area contributed by atoms with Crippen molar-refractivity contribution in [3.63, 3.8) is 0 Å². The van der Waals surface area contributed by atoms with Crippen LogP contribution in [0.3, 0.4) is 0 Å². The van der Waals surface area contributed by atoms with Gasteiger partial charge in [-0.2, -0.15) is 9.97 Å². The first-order valence-corrected chi connectivity index (χ1v) is 19.7. The lowest BCUT2D eigenvalue weighted by Gasteiger charge is -2.36. The Labute approximate surface area is 301 Å². The van der Waals surface area contributed by atoms with Crippen molar-refractivity contribution < 1.29 is 23.0 Å². The minimum atomic E-state index is -1.13. The van der Waals surface area contributed by atoms with Crippen LogP contribution in [0.5, 0.6) is 0 Å². The van der Waals surface area contributed by atoms with Gasteiger partial charge in [-0.05, 0) is 41.6 Å². The number of hydrogen-bond acceptors (Lipinski definition) is 12. The topological polar surface area (TPSA) is 157 Å². The quantitative estimate of drug-likeness (QED) is 0.222. The summed E-state index contributed by atoms with van der Waals surface area (Å²) in [5.41, 5.74) is 2.36. The Hall–Kier alpha value is -2.69. The molecule has 12 nitrogen and oxygen atoms in total. The highest BCUT2D eigenvalue weighted by atomic mass is 35.5. The van der Waals surface area contributed by atoms with E-state index in [-0.39, 0.29) is 47.4 Å². The third-order valence-corrected chi connectivity index (χ3v) is 12.2. The number of anilines is 4. The minimum absolute atomic E-state index is 0.0132. The van der Waals surface area contributed by atoms with Crippen LogP contribution in [0.25, 0.3) is 0 Å². The molecule has 49 heavy (non-hydrogen) atoms. The smallest absolute Gasteiger partial charge is 0.227 e. The summed E-state index contributed by atoms with van der Waals surface area (Å²) in [6, 6.07) is 4.54. The molecule has 6 rings (SSSR count). The monoisotopic (exact) mass is 756 g/mol. The fraction of sp³-hybridized carbons (Fsp3) is 0.562. The molecule has 2 aromatic heterocycles. The molecule has 4 N–H and O–H groups in total. The largest absolute Gasteiger partial charge is 0.394 e. The fourth-order valence-corrected chi connectivity index (χ4v) is 8.66. The molecule has 5 heterocycles. The van der Waals surface area contributed by atoms with Crippen molar-refractivity contribution in [3.05, 3.63) is 45.7 Å². The van der Waals surface area contributed by atoms with Crippen LogP contribution in [0.2, 0.25) is 10.3 Å². The molecule has 0 saturated carbocycles. The minimum Gasteiger partial charge on any atom is -0.394 e. The lowest BCUT2D eigenvalue weighted by molar-refractivity contribution is 0.248. The fourth-order valence-electron chi connectivity index (χ4n) is 5.73. The van der Waals surface area contributed by atoms with Crippen molar-refractivity contribution in [2.45, 2.75) is 62.4 Å². The molecular formula is C32H43Cl2FN8O4S2. The second kappa shape index (κ2) is 16.6. The molecule has 4 unspecified atom stereocenters. The molecule has 268 valence electrons. The van der Waals surface area contributed by atoms with Crippen LogP contribution in [-0.4, -0.2) is 102 Å². The van der Waals surface area contributed by atoms with E-state index in [1.165, 1.54) is 6.07 Å². The average molecular weight is 758 g/mol. The average Bonchev–Trinajstić information content (AvgIpc) is 3.65. The third kappa shape index (κ3) is 8.79. The van der Waals surface area contributed by atoms with Gasteiger partial charge in [-0.3, -0.25) is 8.42 Å². The molecule has 0 aliphatic carbocycles. The Bertz CT molecular complexity index is 1700. The highest BCUT2D eigenvalue weighted by molar-refractivity contribution is 7.85. The van der Waals surface area contributed by atoms with E-state index in [2.05, 4.69) is 30.4 Å². The second-order valence-corrected chi connectivity index (χ2v) is 16.6. The van der Waals surface area contributed by atoms with Gasteiger partial charge >= 0.3 is 0 Å². The van der Waals surface area contributed by atoms with Crippen LogP contribution < -0.4 is 20.4 Å². The number of aryl methyl sites for hydroxylation is 2. The summed E-state index contributed by atoms with van der Waals surface area (Å²) in [5, 5.41) is 25.7. The molecule has 1 saturated heterocycles. The highest BCUT2D eigenvalue weighted by Gasteiger charge is 2.30. The van der Waals surface area contributed by atoms with Crippen molar-refractivity contribution in [2.24, 2.45) is 11.8 Å². The van der Waals surface area contributed by atoms with Crippen LogP contribution in [0.1, 0.15) is 39.1 Å². The normalized spacial score (nSPS) is 19.7. The van der Waals surface area contributed by atoms with Crippen molar-refractivity contribution >= 4 is 68.1 Å². The zero-order valence-electron chi connectivity index (χ0n) is 28.0. The summed E-state index contributed by atoms with van der Waals surface area (Å²) in [4.78, 5) is 23.1. The van der Waals surface area contributed by atoms with Crippen LogP contribution in [0.4, 0.5) is 27.7 Å². The van der Waals surface area contributed by atoms with Gasteiger partial charge in [0.1, 0.15) is 27.2 Å². The second-order valence-electron chi connectivity index (χ2n) is 12.8. The van der Waals surface area contributed by atoms with Crippen molar-refractivity contribution in [3.8, 4) is 0 Å². The van der Waals surface area contributed by atoms with Crippen molar-refractivity contribution in [1.29, 1.82) is 0 Å². The number of aliphatic hydroxyl groups excluding tert-OH is 2. The number of aromatic nitrogens is 4. The summed E-state index contributed by atoms with van der Waals surface area (Å²) < 4.78 is 38.3. The molecule has 1 aromatic carbocycles. The molecular weight excluding hydrogens is 714 g/mol. The summed E-state index contributed by atoms with van der Waals surface area (Å²) in [6.07, 6.45) is 1.31. The van der Waals surface area contributed by atoms with E-state index in [1.807, 2.05) is 33.8 Å². The molecule has 3 aliphatic heterocycles. The molecule has 3 aliphatic rings. The molecule has 0 amide bonds. The lowest BCUT2D eigenvalue weighted by atomic mass is 10.1. The number of hydrogen-bond donors (Lipinski definition) is 4. The van der Waals surface area contributed by atoms with Gasteiger partial charge in [0.25, 0.3) is 0 Å². The molecule has 1 fully saturated rings. The van der Waals surface area contributed by atoms with Gasteiger partial charge in [-0.25, -0.2) is 14.4 Å². The highest BCUT2D eigenvalue weighted by Crippen LogP contribution is 2.32. The number of halogens is 3. The maximum Gasteiger partial charge on any atom is 0.227 e. The number of piperazine rings is 1. The van der Waals surface area contributed by atoms with E-state index in [0.717, 1.165) is 17.1 Å². The lowest BCUT2D eigenvalue weighted by Crippen LogP contribution is -2.47. The predicted octanol–water partition coefficient (Wildman–Crippen LogP) is 3.91. The summed E-state index contributed by atoms with van der Waals surface area (Å²) in [7, 11) is -2.21. The van der Waals surface area contributed by atoms with E-state index in [0.29, 0.717) is 77.9 Å². The zero-order valence-corrected chi connectivity index (χ0v) is 31.1. The molecule has 4 atom stereocenters. The molecule has 0 radical (unpaired) electrons. The van der Waals surface area contributed by atoms with E-state index in [1.54, 1.807) is 6.07 Å². The number of nitrogens with one attached hydrogen (secondary N) is 2. The molecule has 0 spiro atoms.